The molecule has 0 aliphatic heterocycles. The third kappa shape index (κ3) is 55.0. The molecule has 0 bridgehead atoms. The van der Waals surface area contributed by atoms with Gasteiger partial charge in [0.2, 0.25) is 7.37 Å². The first-order valence-electron chi connectivity index (χ1n) is 22.8. The van der Waals surface area contributed by atoms with Crippen LogP contribution in [0.25, 0.3) is 0 Å². The molecule has 0 radical (unpaired) electrons. The molecule has 0 rings (SSSR count). The highest BCUT2D eigenvalue weighted by molar-refractivity contribution is 7.58. The molecular weight excluding hydrogens is 887 g/mol. The lowest BCUT2D eigenvalue weighted by molar-refractivity contribution is -0.145. The predicted octanol–water partition coefficient (Wildman–Crippen LogP) is 1.43. The van der Waals surface area contributed by atoms with Crippen LogP contribution in [0.1, 0.15) is 26.7 Å². The van der Waals surface area contributed by atoms with Crippen LogP contribution >= 0.6 is 7.37 Å². The van der Waals surface area contributed by atoms with E-state index in [-0.39, 0.29) is 50.3 Å². The molecule has 0 saturated carbocycles. The summed E-state index contributed by atoms with van der Waals surface area (Å²) in [6.45, 7) is 17.1. The standard InChI is InChI=1S/C42H83O22P/c1-3-63-41(43)5-7-47-9-11-49-13-15-51-17-19-53-21-23-55-25-27-57-29-31-59-33-35-61-37-39-65(45,46)40-38-62-36-34-60-32-30-58-28-26-56-24-22-54-20-18-52-16-14-50-12-10-48-8-6-42(44)64-4-2/h3-40H2,1-2H3,(H,45,46). The summed E-state index contributed by atoms with van der Waals surface area (Å²) in [5.74, 6) is -0.529. The van der Waals surface area contributed by atoms with Crippen molar-refractivity contribution in [3.05, 3.63) is 0 Å². The average molecular weight is 971 g/mol. The van der Waals surface area contributed by atoms with Crippen LogP contribution in [0, 0.1) is 0 Å². The zero-order valence-corrected chi connectivity index (χ0v) is 40.2. The Bertz CT molecular complexity index is 959. The Morgan fingerprint density at radius 3 is 0.615 bits per heavy atom. The largest absolute Gasteiger partial charge is 0.466 e. The fourth-order valence-electron chi connectivity index (χ4n) is 4.59. The van der Waals surface area contributed by atoms with Gasteiger partial charge in [0, 0.05) is 12.3 Å². The zero-order chi connectivity index (χ0) is 47.3. The fraction of sp³-hybridized carbons (Fsp3) is 0.952. The van der Waals surface area contributed by atoms with E-state index in [9.17, 15) is 19.0 Å². The maximum absolute atomic E-state index is 12.3. The zero-order valence-electron chi connectivity index (χ0n) is 39.3. The molecule has 0 amide bonds. The van der Waals surface area contributed by atoms with E-state index in [4.69, 9.17) is 85.3 Å². The number of carbonyl (C=O) groups excluding carboxylic acids is 2. The first kappa shape index (κ1) is 63.5. The summed E-state index contributed by atoms with van der Waals surface area (Å²) < 4.78 is 109. The Labute approximate surface area is 386 Å². The Morgan fingerprint density at radius 1 is 0.292 bits per heavy atom. The lowest BCUT2D eigenvalue weighted by atomic mass is 10.5. The number of carbonyl (C=O) groups is 2. The third-order valence-electron chi connectivity index (χ3n) is 7.89. The van der Waals surface area contributed by atoms with Crippen LogP contribution in [0.3, 0.4) is 0 Å². The first-order valence-corrected chi connectivity index (χ1v) is 24.8. The van der Waals surface area contributed by atoms with E-state index in [0.717, 1.165) is 0 Å². The molecule has 388 valence electrons. The van der Waals surface area contributed by atoms with E-state index in [0.29, 0.717) is 211 Å². The van der Waals surface area contributed by atoms with E-state index in [1.165, 1.54) is 0 Å². The van der Waals surface area contributed by atoms with Gasteiger partial charge in [0.25, 0.3) is 0 Å². The molecule has 0 unspecified atom stereocenters. The van der Waals surface area contributed by atoms with Crippen molar-refractivity contribution in [1.82, 2.24) is 0 Å². The molecule has 0 heterocycles. The van der Waals surface area contributed by atoms with Gasteiger partial charge in [-0.15, -0.1) is 0 Å². The molecule has 23 heteroatoms. The highest BCUT2D eigenvalue weighted by Gasteiger charge is 2.17. The molecule has 0 aliphatic carbocycles. The van der Waals surface area contributed by atoms with Gasteiger partial charge in [-0.3, -0.25) is 14.2 Å². The molecule has 0 saturated heterocycles. The second-order valence-corrected chi connectivity index (χ2v) is 15.8. The minimum absolute atomic E-state index is 0.0471. The molecule has 0 aromatic rings. The molecule has 0 aromatic carbocycles. The van der Waals surface area contributed by atoms with E-state index in [2.05, 4.69) is 0 Å². The van der Waals surface area contributed by atoms with Crippen LogP contribution in [-0.4, -0.2) is 254 Å². The number of esters is 2. The van der Waals surface area contributed by atoms with Gasteiger partial charge in [0.05, 0.1) is 237 Å². The minimum Gasteiger partial charge on any atom is -0.466 e. The Hall–Kier alpha value is -1.51. The van der Waals surface area contributed by atoms with Crippen LogP contribution in [0.4, 0.5) is 0 Å². The maximum atomic E-state index is 12.3. The molecule has 0 spiro atoms. The predicted molar refractivity (Wildman–Crippen MR) is 235 cm³/mol. The lowest BCUT2D eigenvalue weighted by Gasteiger charge is -2.12. The third-order valence-corrected chi connectivity index (χ3v) is 9.65. The highest BCUT2D eigenvalue weighted by atomic mass is 31.2. The summed E-state index contributed by atoms with van der Waals surface area (Å²) in [6.07, 6.45) is 0.575. The van der Waals surface area contributed by atoms with Crippen LogP contribution in [0.15, 0.2) is 0 Å². The van der Waals surface area contributed by atoms with Crippen molar-refractivity contribution in [2.45, 2.75) is 26.7 Å². The van der Waals surface area contributed by atoms with Crippen LogP contribution in [-0.2, 0) is 99.4 Å². The van der Waals surface area contributed by atoms with Crippen molar-refractivity contribution in [3.63, 3.8) is 0 Å². The number of rotatable bonds is 56. The lowest BCUT2D eigenvalue weighted by Crippen LogP contribution is -2.15. The van der Waals surface area contributed by atoms with Crippen molar-refractivity contribution >= 4 is 19.3 Å². The van der Waals surface area contributed by atoms with Gasteiger partial charge in [-0.25, -0.2) is 0 Å². The van der Waals surface area contributed by atoms with Crippen LogP contribution in [0.2, 0.25) is 0 Å². The first-order chi connectivity index (χ1) is 31.9. The molecule has 0 fully saturated rings. The Balaban J connectivity index is 3.24. The molecule has 0 atom stereocenters. The fourth-order valence-corrected chi connectivity index (χ4v) is 5.64. The van der Waals surface area contributed by atoms with Gasteiger partial charge in [-0.05, 0) is 13.8 Å². The Morgan fingerprint density at radius 2 is 0.446 bits per heavy atom. The quantitative estimate of drug-likeness (QED) is 0.0515. The summed E-state index contributed by atoms with van der Waals surface area (Å²) in [6, 6.07) is 0. The van der Waals surface area contributed by atoms with Crippen molar-refractivity contribution in [1.29, 1.82) is 0 Å². The summed E-state index contributed by atoms with van der Waals surface area (Å²) in [7, 11) is -3.35. The van der Waals surface area contributed by atoms with Gasteiger partial charge < -0.3 is 90.2 Å². The summed E-state index contributed by atoms with van der Waals surface area (Å²) in [5, 5.41) is 0. The molecule has 22 nitrogen and oxygen atoms in total. The average Bonchev–Trinajstić information content (AvgIpc) is 3.28. The normalized spacial score (nSPS) is 11.7. The van der Waals surface area contributed by atoms with E-state index in [1.807, 2.05) is 0 Å². The molecule has 65 heavy (non-hydrogen) atoms. The van der Waals surface area contributed by atoms with Gasteiger partial charge in [0.15, 0.2) is 0 Å². The smallest absolute Gasteiger partial charge is 0.308 e. The Kier molecular flexibility index (Phi) is 52.2. The number of ether oxygens (including phenoxy) is 18. The second kappa shape index (κ2) is 53.4. The second-order valence-electron chi connectivity index (χ2n) is 13.2. The number of hydrogen-bond acceptors (Lipinski definition) is 21. The van der Waals surface area contributed by atoms with Gasteiger partial charge >= 0.3 is 11.9 Å². The minimum atomic E-state index is -3.35. The van der Waals surface area contributed by atoms with Gasteiger partial charge in [-0.1, -0.05) is 0 Å². The van der Waals surface area contributed by atoms with E-state index in [1.54, 1.807) is 13.8 Å². The SMILES string of the molecule is CCOC(=O)CCOCCOCCOCCOCCOCCOCCOCCOCCP(=O)(O)CCOCCOCCOCCOCCOCCOCCOCCOCCC(=O)OCC. The van der Waals surface area contributed by atoms with Crippen LogP contribution < -0.4 is 0 Å². The van der Waals surface area contributed by atoms with E-state index < -0.39 is 7.37 Å². The summed E-state index contributed by atoms with van der Waals surface area (Å²) in [5.41, 5.74) is 0. The van der Waals surface area contributed by atoms with Gasteiger partial charge in [-0.2, -0.15) is 0 Å². The van der Waals surface area contributed by atoms with Crippen molar-refractivity contribution in [2.24, 2.45) is 0 Å². The molecule has 0 aromatic heterocycles. The maximum Gasteiger partial charge on any atom is 0.308 e. The van der Waals surface area contributed by atoms with Gasteiger partial charge in [0.1, 0.15) is 0 Å². The van der Waals surface area contributed by atoms with Crippen molar-refractivity contribution in [3.8, 4) is 0 Å². The highest BCUT2D eigenvalue weighted by Crippen LogP contribution is 2.39. The van der Waals surface area contributed by atoms with Crippen molar-refractivity contribution in [2.75, 3.05) is 237 Å². The van der Waals surface area contributed by atoms with Crippen molar-refractivity contribution < 1.29 is 104 Å². The summed E-state index contributed by atoms with van der Waals surface area (Å²) in [4.78, 5) is 32.5. The molecule has 0 aliphatic rings. The van der Waals surface area contributed by atoms with Crippen LogP contribution in [0.5, 0.6) is 0 Å². The monoisotopic (exact) mass is 971 g/mol. The topological polar surface area (TPSA) is 238 Å². The van der Waals surface area contributed by atoms with E-state index >= 15 is 0 Å². The molecule has 1 N–H and O–H groups in total. The summed E-state index contributed by atoms with van der Waals surface area (Å²) >= 11 is 0. The number of hydrogen-bond donors (Lipinski definition) is 1. The molecular formula is C42H83O22P.